The van der Waals surface area contributed by atoms with Gasteiger partial charge in [-0.2, -0.15) is 0 Å². The van der Waals surface area contributed by atoms with E-state index >= 15 is 0 Å². The van der Waals surface area contributed by atoms with Crippen LogP contribution in [0, 0.1) is 10.1 Å². The summed E-state index contributed by atoms with van der Waals surface area (Å²) in [5.74, 6) is 0. The fraction of sp³-hybridized carbons (Fsp3) is 0.0588. The molecule has 0 heterocycles. The lowest BCUT2D eigenvalue weighted by Gasteiger charge is -2.14. The van der Waals surface area contributed by atoms with E-state index in [1.807, 2.05) is 42.5 Å². The van der Waals surface area contributed by atoms with Gasteiger partial charge in [0.05, 0.1) is 4.92 Å². The van der Waals surface area contributed by atoms with Crippen molar-refractivity contribution in [1.82, 2.24) is 0 Å². The average Bonchev–Trinajstić information content (AvgIpc) is 2.53. The Hall–Kier alpha value is -2.72. The highest BCUT2D eigenvalue weighted by atomic mass is 16.6. The van der Waals surface area contributed by atoms with Crippen molar-refractivity contribution in [2.24, 2.45) is 0 Å². The molecule has 3 aromatic carbocycles. The van der Waals surface area contributed by atoms with Crippen LogP contribution in [0.3, 0.4) is 0 Å². The zero-order valence-corrected chi connectivity index (χ0v) is 11.1. The standard InChI is InChI=1S/C17H13NO3/c19-17(13-7-3-8-14(11-13)18(20)21)16-10-4-6-12-5-1-2-9-15(12)16/h1-11,17,19H. The molecular formula is C17H13NO3. The largest absolute Gasteiger partial charge is 0.384 e. The third-order valence-electron chi connectivity index (χ3n) is 3.51. The van der Waals surface area contributed by atoms with Crippen molar-refractivity contribution < 1.29 is 10.0 Å². The summed E-state index contributed by atoms with van der Waals surface area (Å²) >= 11 is 0. The first kappa shape index (κ1) is 13.3. The molecule has 3 aromatic rings. The maximum Gasteiger partial charge on any atom is 0.269 e. The minimum Gasteiger partial charge on any atom is -0.384 e. The van der Waals surface area contributed by atoms with Crippen LogP contribution in [0.2, 0.25) is 0 Å². The number of fused-ring (bicyclic) bond motifs is 1. The molecule has 0 aliphatic carbocycles. The van der Waals surface area contributed by atoms with Crippen molar-refractivity contribution >= 4 is 16.5 Å². The van der Waals surface area contributed by atoms with E-state index in [1.54, 1.807) is 12.1 Å². The van der Waals surface area contributed by atoms with Crippen molar-refractivity contribution in [1.29, 1.82) is 0 Å². The molecule has 0 saturated carbocycles. The fourth-order valence-electron chi connectivity index (χ4n) is 2.48. The monoisotopic (exact) mass is 279 g/mol. The number of aliphatic hydroxyl groups excluding tert-OH is 1. The summed E-state index contributed by atoms with van der Waals surface area (Å²) in [6, 6.07) is 19.5. The van der Waals surface area contributed by atoms with E-state index in [4.69, 9.17) is 0 Å². The third-order valence-corrected chi connectivity index (χ3v) is 3.51. The second-order valence-corrected chi connectivity index (χ2v) is 4.82. The van der Waals surface area contributed by atoms with Gasteiger partial charge in [-0.25, -0.2) is 0 Å². The number of benzene rings is 3. The minimum atomic E-state index is -0.893. The van der Waals surface area contributed by atoms with Gasteiger partial charge in [-0.15, -0.1) is 0 Å². The van der Waals surface area contributed by atoms with Crippen molar-refractivity contribution in [3.05, 3.63) is 88.0 Å². The van der Waals surface area contributed by atoms with Crippen LogP contribution >= 0.6 is 0 Å². The highest BCUT2D eigenvalue weighted by molar-refractivity contribution is 5.86. The van der Waals surface area contributed by atoms with Gasteiger partial charge in [0, 0.05) is 12.1 Å². The predicted octanol–water partition coefficient (Wildman–Crippen LogP) is 3.83. The number of rotatable bonds is 3. The Balaban J connectivity index is 2.10. The van der Waals surface area contributed by atoms with Crippen LogP contribution in [0.4, 0.5) is 5.69 Å². The van der Waals surface area contributed by atoms with Gasteiger partial charge in [0.1, 0.15) is 6.10 Å². The number of nitro benzene ring substituents is 1. The summed E-state index contributed by atoms with van der Waals surface area (Å²) < 4.78 is 0. The van der Waals surface area contributed by atoms with Crippen LogP contribution < -0.4 is 0 Å². The average molecular weight is 279 g/mol. The van der Waals surface area contributed by atoms with Crippen molar-refractivity contribution in [2.45, 2.75) is 6.10 Å². The van der Waals surface area contributed by atoms with Crippen LogP contribution in [0.5, 0.6) is 0 Å². The van der Waals surface area contributed by atoms with E-state index in [-0.39, 0.29) is 5.69 Å². The molecule has 104 valence electrons. The Kier molecular flexibility index (Phi) is 3.38. The maximum absolute atomic E-state index is 10.8. The molecule has 21 heavy (non-hydrogen) atoms. The van der Waals surface area contributed by atoms with Crippen LogP contribution in [0.15, 0.2) is 66.7 Å². The van der Waals surface area contributed by atoms with Gasteiger partial charge >= 0.3 is 0 Å². The van der Waals surface area contributed by atoms with Gasteiger partial charge in [0.2, 0.25) is 0 Å². The predicted molar refractivity (Wildman–Crippen MR) is 81.1 cm³/mol. The topological polar surface area (TPSA) is 63.4 Å². The van der Waals surface area contributed by atoms with Crippen LogP contribution in [-0.4, -0.2) is 10.0 Å². The molecule has 0 bridgehead atoms. The molecule has 0 radical (unpaired) electrons. The highest BCUT2D eigenvalue weighted by Crippen LogP contribution is 2.30. The van der Waals surface area contributed by atoms with Crippen molar-refractivity contribution in [3.8, 4) is 0 Å². The lowest BCUT2D eigenvalue weighted by atomic mass is 9.96. The molecule has 0 fully saturated rings. The number of non-ortho nitro benzene ring substituents is 1. The van der Waals surface area contributed by atoms with Crippen molar-refractivity contribution in [3.63, 3.8) is 0 Å². The van der Waals surface area contributed by atoms with Gasteiger partial charge < -0.3 is 5.11 Å². The number of hydrogen-bond donors (Lipinski definition) is 1. The molecule has 0 saturated heterocycles. The molecule has 1 N–H and O–H groups in total. The zero-order chi connectivity index (χ0) is 14.8. The number of nitrogens with zero attached hydrogens (tertiary/aromatic N) is 1. The van der Waals surface area contributed by atoms with Gasteiger partial charge in [0.25, 0.3) is 5.69 Å². The summed E-state index contributed by atoms with van der Waals surface area (Å²) in [5.41, 5.74) is 1.24. The number of nitro groups is 1. The molecule has 0 amide bonds. The van der Waals surface area contributed by atoms with E-state index in [0.717, 1.165) is 16.3 Å². The Labute approximate surface area is 121 Å². The minimum absolute atomic E-state index is 0.0215. The number of hydrogen-bond acceptors (Lipinski definition) is 3. The van der Waals surface area contributed by atoms with Crippen LogP contribution in [-0.2, 0) is 0 Å². The SMILES string of the molecule is O=[N+]([O-])c1cccc(C(O)c2cccc3ccccc23)c1. The Morgan fingerprint density at radius 1 is 0.952 bits per heavy atom. The molecule has 4 heteroatoms. The first-order valence-corrected chi connectivity index (χ1v) is 6.57. The molecule has 0 aliphatic heterocycles. The van der Waals surface area contributed by atoms with E-state index in [2.05, 4.69) is 0 Å². The molecule has 3 rings (SSSR count). The first-order chi connectivity index (χ1) is 10.2. The molecule has 0 aromatic heterocycles. The maximum atomic E-state index is 10.8. The summed E-state index contributed by atoms with van der Waals surface area (Å²) in [5, 5.41) is 23.4. The quantitative estimate of drug-likeness (QED) is 0.585. The summed E-state index contributed by atoms with van der Waals surface area (Å²) in [6.45, 7) is 0. The molecule has 4 nitrogen and oxygen atoms in total. The molecule has 1 atom stereocenters. The van der Waals surface area contributed by atoms with E-state index in [9.17, 15) is 15.2 Å². The lowest BCUT2D eigenvalue weighted by molar-refractivity contribution is -0.385. The van der Waals surface area contributed by atoms with Crippen LogP contribution in [0.1, 0.15) is 17.2 Å². The van der Waals surface area contributed by atoms with Gasteiger partial charge in [-0.05, 0) is 21.9 Å². The Morgan fingerprint density at radius 3 is 2.48 bits per heavy atom. The van der Waals surface area contributed by atoms with Crippen molar-refractivity contribution in [2.75, 3.05) is 0 Å². The fourth-order valence-corrected chi connectivity index (χ4v) is 2.48. The second-order valence-electron chi connectivity index (χ2n) is 4.82. The van der Waals surface area contributed by atoms with E-state index in [0.29, 0.717) is 5.56 Å². The Morgan fingerprint density at radius 2 is 1.67 bits per heavy atom. The van der Waals surface area contributed by atoms with Gasteiger partial charge in [0.15, 0.2) is 0 Å². The van der Waals surface area contributed by atoms with E-state index < -0.39 is 11.0 Å². The number of aliphatic hydroxyl groups is 1. The second kappa shape index (κ2) is 5.34. The Bertz CT molecular complexity index is 808. The lowest BCUT2D eigenvalue weighted by Crippen LogP contribution is -2.01. The highest BCUT2D eigenvalue weighted by Gasteiger charge is 2.16. The summed E-state index contributed by atoms with van der Waals surface area (Å²) in [7, 11) is 0. The van der Waals surface area contributed by atoms with Gasteiger partial charge in [-0.3, -0.25) is 10.1 Å². The molecule has 0 spiro atoms. The zero-order valence-electron chi connectivity index (χ0n) is 11.1. The third kappa shape index (κ3) is 2.49. The summed E-state index contributed by atoms with van der Waals surface area (Å²) in [4.78, 5) is 10.4. The first-order valence-electron chi connectivity index (χ1n) is 6.57. The van der Waals surface area contributed by atoms with E-state index in [1.165, 1.54) is 12.1 Å². The molecular weight excluding hydrogens is 266 g/mol. The van der Waals surface area contributed by atoms with Crippen LogP contribution in [0.25, 0.3) is 10.8 Å². The molecule has 0 aliphatic rings. The normalized spacial score (nSPS) is 12.2. The molecule has 1 unspecified atom stereocenters. The van der Waals surface area contributed by atoms with Gasteiger partial charge in [-0.1, -0.05) is 54.6 Å². The smallest absolute Gasteiger partial charge is 0.269 e. The summed E-state index contributed by atoms with van der Waals surface area (Å²) in [6.07, 6.45) is -0.893.